The molecule has 0 N–H and O–H groups in total. The molecular weight excluding hydrogens is 195 g/mol. The lowest BCUT2D eigenvalue weighted by atomic mass is 9.81. The highest BCUT2D eigenvalue weighted by Gasteiger charge is 2.35. The van der Waals surface area contributed by atoms with Crippen LogP contribution in [0.15, 0.2) is 16.5 Å². The third-order valence-corrected chi connectivity index (χ3v) is 2.25. The van der Waals surface area contributed by atoms with Crippen molar-refractivity contribution in [1.82, 2.24) is 0 Å². The summed E-state index contributed by atoms with van der Waals surface area (Å²) < 4.78 is 16.2. The van der Waals surface area contributed by atoms with E-state index in [1.165, 1.54) is 0 Å². The van der Waals surface area contributed by atoms with Gasteiger partial charge in [0.1, 0.15) is 5.66 Å². The predicted octanol–water partition coefficient (Wildman–Crippen LogP) is 0.860. The fourth-order valence-corrected chi connectivity index (χ4v) is 1.42. The van der Waals surface area contributed by atoms with Crippen LogP contribution in [-0.2, 0) is 9.31 Å². The molecule has 0 saturated carbocycles. The second kappa shape index (κ2) is 3.83. The Balaban J connectivity index is 2.04. The largest absolute Gasteiger partial charge is 0.531 e. The van der Waals surface area contributed by atoms with Crippen LogP contribution in [0.3, 0.4) is 0 Å². The molecule has 0 amide bonds. The van der Waals surface area contributed by atoms with E-state index in [0.717, 1.165) is 0 Å². The maximum absolute atomic E-state index is 10.4. The minimum atomic E-state index is -0.480. The summed E-state index contributed by atoms with van der Waals surface area (Å²) in [4.78, 5) is 10.4. The lowest BCUT2D eigenvalue weighted by Crippen LogP contribution is -2.46. The highest BCUT2D eigenvalue weighted by Crippen LogP contribution is 2.21. The number of hydrogen-bond donors (Lipinski definition) is 0. The first-order valence-electron chi connectivity index (χ1n) is 4.89. The summed E-state index contributed by atoms with van der Waals surface area (Å²) in [5.41, 5.74) is 0.587. The number of carbonyl (C=O) groups excluding carboxylic acids is 1. The summed E-state index contributed by atoms with van der Waals surface area (Å²) in [7, 11) is -0.480. The van der Waals surface area contributed by atoms with E-state index in [-0.39, 0.29) is 5.41 Å². The first-order valence-corrected chi connectivity index (χ1v) is 4.89. The molecule has 0 radical (unpaired) electrons. The molecule has 1 saturated heterocycles. The third-order valence-electron chi connectivity index (χ3n) is 2.25. The molecule has 1 fully saturated rings. The van der Waals surface area contributed by atoms with Crippen LogP contribution < -0.4 is 5.66 Å². The SMILES string of the molecule is CC1(C)COB(c2ccc(C=O)o2)OC1. The van der Waals surface area contributed by atoms with Crippen molar-refractivity contribution in [3.05, 3.63) is 17.9 Å². The topological polar surface area (TPSA) is 48.7 Å². The highest BCUT2D eigenvalue weighted by molar-refractivity contribution is 6.60. The number of hydrogen-bond acceptors (Lipinski definition) is 4. The van der Waals surface area contributed by atoms with Gasteiger partial charge in [0.15, 0.2) is 12.0 Å². The van der Waals surface area contributed by atoms with E-state index in [9.17, 15) is 4.79 Å². The van der Waals surface area contributed by atoms with Crippen LogP contribution in [0.4, 0.5) is 0 Å². The second-order valence-electron chi connectivity index (χ2n) is 4.48. The van der Waals surface area contributed by atoms with E-state index in [2.05, 4.69) is 13.8 Å². The minimum Gasteiger partial charge on any atom is -0.462 e. The van der Waals surface area contributed by atoms with Crippen molar-refractivity contribution in [2.75, 3.05) is 13.2 Å². The molecular formula is C10H13BO4. The molecule has 1 aromatic rings. The summed E-state index contributed by atoms with van der Waals surface area (Å²) in [5, 5.41) is 0. The maximum Gasteiger partial charge on any atom is 0.531 e. The van der Waals surface area contributed by atoms with Gasteiger partial charge in [-0.1, -0.05) is 13.8 Å². The third kappa shape index (κ3) is 2.30. The van der Waals surface area contributed by atoms with Crippen molar-refractivity contribution < 1.29 is 18.5 Å². The Kier molecular flexibility index (Phi) is 2.67. The van der Waals surface area contributed by atoms with Crippen LogP contribution in [-0.4, -0.2) is 26.6 Å². The fourth-order valence-electron chi connectivity index (χ4n) is 1.42. The summed E-state index contributed by atoms with van der Waals surface area (Å²) in [6.45, 7) is 5.38. The van der Waals surface area contributed by atoms with Crippen molar-refractivity contribution in [2.45, 2.75) is 13.8 Å². The van der Waals surface area contributed by atoms with E-state index in [1.54, 1.807) is 12.1 Å². The van der Waals surface area contributed by atoms with Gasteiger partial charge in [0.25, 0.3) is 0 Å². The van der Waals surface area contributed by atoms with Crippen molar-refractivity contribution in [3.8, 4) is 0 Å². The Morgan fingerprint density at radius 1 is 1.33 bits per heavy atom. The molecule has 2 rings (SSSR count). The van der Waals surface area contributed by atoms with Gasteiger partial charge in [-0.05, 0) is 12.1 Å². The molecule has 0 atom stereocenters. The first-order chi connectivity index (χ1) is 7.11. The Hall–Kier alpha value is -1.07. The van der Waals surface area contributed by atoms with Gasteiger partial charge in [-0.2, -0.15) is 0 Å². The molecule has 0 bridgehead atoms. The molecule has 1 aliphatic heterocycles. The molecule has 1 aliphatic rings. The van der Waals surface area contributed by atoms with Crippen LogP contribution in [0, 0.1) is 5.41 Å². The summed E-state index contributed by atoms with van der Waals surface area (Å²) >= 11 is 0. The van der Waals surface area contributed by atoms with E-state index in [1.807, 2.05) is 0 Å². The van der Waals surface area contributed by atoms with Crippen molar-refractivity contribution in [2.24, 2.45) is 5.41 Å². The standard InChI is InChI=1S/C10H13BO4/c1-10(2)6-13-11(14-7-10)9-4-3-8(5-12)15-9/h3-5H,6-7H2,1-2H3. The highest BCUT2D eigenvalue weighted by atomic mass is 16.6. The molecule has 80 valence electrons. The average Bonchev–Trinajstić information content (AvgIpc) is 2.66. The van der Waals surface area contributed by atoms with E-state index < -0.39 is 7.12 Å². The number of rotatable bonds is 2. The van der Waals surface area contributed by atoms with Gasteiger partial charge in [-0.3, -0.25) is 4.79 Å². The Morgan fingerprint density at radius 2 is 2.00 bits per heavy atom. The van der Waals surface area contributed by atoms with Crippen molar-refractivity contribution in [3.63, 3.8) is 0 Å². The zero-order valence-corrected chi connectivity index (χ0v) is 8.86. The van der Waals surface area contributed by atoms with Crippen LogP contribution in [0.5, 0.6) is 0 Å². The van der Waals surface area contributed by atoms with E-state index in [4.69, 9.17) is 13.7 Å². The first kappa shape index (κ1) is 10.5. The van der Waals surface area contributed by atoms with Gasteiger partial charge in [-0.25, -0.2) is 0 Å². The number of furan rings is 1. The Bertz CT molecular complexity index is 348. The normalized spacial score (nSPS) is 20.3. The lowest BCUT2D eigenvalue weighted by molar-refractivity contribution is 0.0325. The molecule has 0 aliphatic carbocycles. The molecule has 15 heavy (non-hydrogen) atoms. The number of aldehydes is 1. The zero-order valence-electron chi connectivity index (χ0n) is 8.86. The van der Waals surface area contributed by atoms with E-state index >= 15 is 0 Å². The molecule has 0 aromatic carbocycles. The lowest BCUT2D eigenvalue weighted by Gasteiger charge is -2.32. The fraction of sp³-hybridized carbons (Fsp3) is 0.500. The number of carbonyl (C=O) groups is 1. The van der Waals surface area contributed by atoms with Gasteiger partial charge in [-0.15, -0.1) is 0 Å². The molecule has 1 aromatic heterocycles. The average molecular weight is 208 g/mol. The van der Waals surface area contributed by atoms with Gasteiger partial charge in [0, 0.05) is 18.6 Å². The Morgan fingerprint density at radius 3 is 2.53 bits per heavy atom. The smallest absolute Gasteiger partial charge is 0.462 e. The Labute approximate surface area is 88.7 Å². The van der Waals surface area contributed by atoms with Crippen molar-refractivity contribution >= 4 is 19.1 Å². The predicted molar refractivity (Wildman–Crippen MR) is 55.2 cm³/mol. The molecule has 0 spiro atoms. The summed E-state index contributed by atoms with van der Waals surface area (Å²) in [5.74, 6) is 0.294. The molecule has 5 heteroatoms. The van der Waals surface area contributed by atoms with Crippen LogP contribution in [0.1, 0.15) is 24.4 Å². The minimum absolute atomic E-state index is 0.0383. The van der Waals surface area contributed by atoms with Crippen LogP contribution >= 0.6 is 0 Å². The van der Waals surface area contributed by atoms with Gasteiger partial charge >= 0.3 is 7.12 Å². The van der Waals surface area contributed by atoms with Crippen LogP contribution in [0.25, 0.3) is 0 Å². The van der Waals surface area contributed by atoms with Crippen LogP contribution in [0.2, 0.25) is 0 Å². The van der Waals surface area contributed by atoms with Crippen molar-refractivity contribution in [1.29, 1.82) is 0 Å². The molecule has 2 heterocycles. The zero-order chi connectivity index (χ0) is 10.9. The maximum atomic E-state index is 10.4. The van der Waals surface area contributed by atoms with Gasteiger partial charge in [0.2, 0.25) is 0 Å². The second-order valence-corrected chi connectivity index (χ2v) is 4.48. The van der Waals surface area contributed by atoms with Gasteiger partial charge < -0.3 is 13.7 Å². The summed E-state index contributed by atoms with van der Waals surface area (Å²) in [6.07, 6.45) is 0.663. The summed E-state index contributed by atoms with van der Waals surface area (Å²) in [6, 6.07) is 3.31. The van der Waals surface area contributed by atoms with E-state index in [0.29, 0.717) is 30.9 Å². The molecule has 0 unspecified atom stereocenters. The van der Waals surface area contributed by atoms with Gasteiger partial charge in [0.05, 0.1) is 0 Å². The molecule has 4 nitrogen and oxygen atoms in total. The quantitative estimate of drug-likeness (QED) is 0.534. The monoisotopic (exact) mass is 208 g/mol.